The lowest BCUT2D eigenvalue weighted by Gasteiger charge is -2.12. The summed E-state index contributed by atoms with van der Waals surface area (Å²) in [7, 11) is 0. The van der Waals surface area contributed by atoms with Gasteiger partial charge in [-0.05, 0) is 31.5 Å². The monoisotopic (exact) mass is 310 g/mol. The van der Waals surface area contributed by atoms with E-state index in [9.17, 15) is 0 Å². The summed E-state index contributed by atoms with van der Waals surface area (Å²) in [5, 5.41) is 3.52. The van der Waals surface area contributed by atoms with Crippen molar-refractivity contribution in [3.8, 4) is 0 Å². The molecule has 1 unspecified atom stereocenters. The van der Waals surface area contributed by atoms with Gasteiger partial charge in [0.2, 0.25) is 0 Å². The molecular weight excluding hydrogens is 296 g/mol. The van der Waals surface area contributed by atoms with Crippen molar-refractivity contribution in [1.82, 2.24) is 10.3 Å². The highest BCUT2D eigenvalue weighted by Crippen LogP contribution is 2.21. The molecule has 1 aromatic heterocycles. The maximum atomic E-state index is 4.28. The van der Waals surface area contributed by atoms with E-state index >= 15 is 0 Å². The smallest absolute Gasteiger partial charge is 0.0798 e. The maximum absolute atomic E-state index is 4.28. The summed E-state index contributed by atoms with van der Waals surface area (Å²) in [5.74, 6) is 0. The first-order valence-electron chi connectivity index (χ1n) is 5.54. The molecule has 0 amide bonds. The summed E-state index contributed by atoms with van der Waals surface area (Å²) in [6.07, 6.45) is 0. The minimum absolute atomic E-state index is 0.353. The second-order valence-electron chi connectivity index (χ2n) is 4.03. The lowest BCUT2D eigenvalue weighted by molar-refractivity contribution is 0.579. The Kier molecular flexibility index (Phi) is 4.31. The first-order chi connectivity index (χ1) is 8.16. The number of hydrogen-bond donors (Lipinski definition) is 1. The first-order valence-corrected chi connectivity index (χ1v) is 7.22. The van der Waals surface area contributed by atoms with Gasteiger partial charge in [0, 0.05) is 21.9 Å². The fourth-order valence-electron chi connectivity index (χ4n) is 1.69. The Hall–Kier alpha value is -0.710. The van der Waals surface area contributed by atoms with Crippen LogP contribution in [0.25, 0.3) is 0 Å². The van der Waals surface area contributed by atoms with Crippen LogP contribution < -0.4 is 5.32 Å². The van der Waals surface area contributed by atoms with Gasteiger partial charge in [-0.25, -0.2) is 4.98 Å². The van der Waals surface area contributed by atoms with Gasteiger partial charge < -0.3 is 5.32 Å². The van der Waals surface area contributed by atoms with Crippen LogP contribution in [-0.2, 0) is 6.54 Å². The fraction of sp³-hybridized carbons (Fsp3) is 0.308. The number of aromatic nitrogens is 1. The Morgan fingerprint density at radius 1 is 1.35 bits per heavy atom. The maximum Gasteiger partial charge on any atom is 0.0798 e. The predicted molar refractivity (Wildman–Crippen MR) is 76.2 cm³/mol. The molecule has 1 N–H and O–H groups in total. The van der Waals surface area contributed by atoms with Crippen LogP contribution in [-0.4, -0.2) is 4.98 Å². The molecule has 2 rings (SSSR count). The zero-order valence-corrected chi connectivity index (χ0v) is 12.3. The molecule has 1 heterocycles. The van der Waals surface area contributed by atoms with Crippen LogP contribution in [0.1, 0.15) is 29.1 Å². The van der Waals surface area contributed by atoms with Crippen LogP contribution in [0.5, 0.6) is 0 Å². The summed E-state index contributed by atoms with van der Waals surface area (Å²) in [4.78, 5) is 5.60. The van der Waals surface area contributed by atoms with E-state index in [1.54, 1.807) is 11.3 Å². The molecule has 1 atom stereocenters. The quantitative estimate of drug-likeness (QED) is 0.921. The zero-order chi connectivity index (χ0) is 12.3. The molecule has 0 aliphatic rings. The van der Waals surface area contributed by atoms with E-state index in [2.05, 4.69) is 64.3 Å². The van der Waals surface area contributed by atoms with Gasteiger partial charge in [-0.3, -0.25) is 0 Å². The molecule has 0 saturated carbocycles. The molecule has 17 heavy (non-hydrogen) atoms. The van der Waals surface area contributed by atoms with E-state index in [4.69, 9.17) is 0 Å². The minimum atomic E-state index is 0.353. The predicted octanol–water partition coefficient (Wildman–Crippen LogP) is 4.06. The third-order valence-corrected chi connectivity index (χ3v) is 4.34. The minimum Gasteiger partial charge on any atom is -0.305 e. The molecule has 1 aromatic carbocycles. The molecule has 0 aliphatic carbocycles. The van der Waals surface area contributed by atoms with E-state index < -0.39 is 0 Å². The lowest BCUT2D eigenvalue weighted by atomic mass is 10.2. The van der Waals surface area contributed by atoms with Crippen LogP contribution >= 0.6 is 27.3 Å². The van der Waals surface area contributed by atoms with Crippen LogP contribution in [0.3, 0.4) is 0 Å². The average Bonchev–Trinajstić information content (AvgIpc) is 2.74. The molecule has 2 nitrogen and oxygen atoms in total. The molecule has 0 radical (unpaired) electrons. The van der Waals surface area contributed by atoms with Crippen LogP contribution in [0, 0.1) is 6.92 Å². The number of nitrogens with one attached hydrogen (secondary N) is 1. The molecule has 90 valence electrons. The standard InChI is InChI=1S/C13H15BrN2S/c1-9(13-10(2)16-8-17-13)15-7-11-3-5-12(14)6-4-11/h3-6,8-9,15H,7H2,1-2H3. The highest BCUT2D eigenvalue weighted by Gasteiger charge is 2.09. The van der Waals surface area contributed by atoms with Gasteiger partial charge in [-0.15, -0.1) is 11.3 Å². The Labute approximate surface area is 114 Å². The highest BCUT2D eigenvalue weighted by molar-refractivity contribution is 9.10. The van der Waals surface area contributed by atoms with Crippen LogP contribution in [0.4, 0.5) is 0 Å². The van der Waals surface area contributed by atoms with Gasteiger partial charge in [-0.2, -0.15) is 0 Å². The van der Waals surface area contributed by atoms with Crippen LogP contribution in [0.15, 0.2) is 34.2 Å². The molecular formula is C13H15BrN2S. The summed E-state index contributed by atoms with van der Waals surface area (Å²) in [6.45, 7) is 5.12. The number of aryl methyl sites for hydroxylation is 1. The zero-order valence-electron chi connectivity index (χ0n) is 9.90. The normalized spacial score (nSPS) is 12.6. The second-order valence-corrected chi connectivity index (χ2v) is 5.83. The van der Waals surface area contributed by atoms with Crippen molar-refractivity contribution in [2.45, 2.75) is 26.4 Å². The van der Waals surface area contributed by atoms with Gasteiger partial charge in [0.15, 0.2) is 0 Å². The van der Waals surface area contributed by atoms with Crippen molar-refractivity contribution in [1.29, 1.82) is 0 Å². The molecule has 0 fully saturated rings. The Morgan fingerprint density at radius 2 is 2.06 bits per heavy atom. The topological polar surface area (TPSA) is 24.9 Å². The van der Waals surface area contributed by atoms with E-state index in [0.717, 1.165) is 16.7 Å². The third kappa shape index (κ3) is 3.37. The molecule has 0 saturated heterocycles. The van der Waals surface area contributed by atoms with Gasteiger partial charge >= 0.3 is 0 Å². The van der Waals surface area contributed by atoms with Gasteiger partial charge in [-0.1, -0.05) is 28.1 Å². The summed E-state index contributed by atoms with van der Waals surface area (Å²) in [5.41, 5.74) is 4.33. The number of benzene rings is 1. The molecule has 0 spiro atoms. The van der Waals surface area contributed by atoms with Crippen molar-refractivity contribution < 1.29 is 0 Å². The van der Waals surface area contributed by atoms with Gasteiger partial charge in [0.1, 0.15) is 0 Å². The average molecular weight is 311 g/mol. The molecule has 0 aliphatic heterocycles. The van der Waals surface area contributed by atoms with Crippen molar-refractivity contribution in [3.05, 3.63) is 50.4 Å². The molecule has 4 heteroatoms. The summed E-state index contributed by atoms with van der Waals surface area (Å²) >= 11 is 5.15. The number of rotatable bonds is 4. The van der Waals surface area contributed by atoms with E-state index in [1.807, 2.05) is 5.51 Å². The van der Waals surface area contributed by atoms with Crippen LogP contribution in [0.2, 0.25) is 0 Å². The van der Waals surface area contributed by atoms with Crippen molar-refractivity contribution in [2.24, 2.45) is 0 Å². The van der Waals surface area contributed by atoms with E-state index in [1.165, 1.54) is 10.4 Å². The lowest BCUT2D eigenvalue weighted by Crippen LogP contribution is -2.17. The van der Waals surface area contributed by atoms with Crippen molar-refractivity contribution in [2.75, 3.05) is 0 Å². The van der Waals surface area contributed by atoms with Gasteiger partial charge in [0.05, 0.1) is 11.2 Å². The van der Waals surface area contributed by atoms with E-state index in [0.29, 0.717) is 6.04 Å². The Bertz CT molecular complexity index is 478. The Balaban J connectivity index is 1.94. The van der Waals surface area contributed by atoms with Crippen molar-refractivity contribution >= 4 is 27.3 Å². The first kappa shape index (κ1) is 12.7. The third-order valence-electron chi connectivity index (χ3n) is 2.70. The molecule has 2 aromatic rings. The highest BCUT2D eigenvalue weighted by atomic mass is 79.9. The summed E-state index contributed by atoms with van der Waals surface area (Å²) < 4.78 is 1.12. The number of nitrogens with zero attached hydrogens (tertiary/aromatic N) is 1. The van der Waals surface area contributed by atoms with E-state index in [-0.39, 0.29) is 0 Å². The summed E-state index contributed by atoms with van der Waals surface area (Å²) in [6, 6.07) is 8.75. The molecule has 0 bridgehead atoms. The Morgan fingerprint density at radius 3 is 2.65 bits per heavy atom. The number of halogens is 1. The van der Waals surface area contributed by atoms with Gasteiger partial charge in [0.25, 0.3) is 0 Å². The SMILES string of the molecule is Cc1ncsc1C(C)NCc1ccc(Br)cc1. The largest absolute Gasteiger partial charge is 0.305 e. The van der Waals surface area contributed by atoms with Crippen molar-refractivity contribution in [3.63, 3.8) is 0 Å². The number of hydrogen-bond acceptors (Lipinski definition) is 3. The number of thiazole rings is 1. The second kappa shape index (κ2) is 5.76. The fourth-order valence-corrected chi connectivity index (χ4v) is 2.79.